The first-order valence-electron chi connectivity index (χ1n) is 6.29. The minimum atomic E-state index is -0.373. The van der Waals surface area contributed by atoms with Gasteiger partial charge in [0.25, 0.3) is 0 Å². The Hall–Kier alpha value is -1.87. The lowest BCUT2D eigenvalue weighted by Crippen LogP contribution is -2.06. The monoisotopic (exact) mass is 259 g/mol. The van der Waals surface area contributed by atoms with E-state index < -0.39 is 0 Å². The molecule has 2 N–H and O–H groups in total. The number of rotatable bonds is 4. The maximum Gasteiger partial charge on any atom is 0.165 e. The summed E-state index contributed by atoms with van der Waals surface area (Å²) in [5, 5.41) is 0. The van der Waals surface area contributed by atoms with Crippen LogP contribution in [0.4, 0.5) is 4.39 Å². The average Bonchev–Trinajstić information content (AvgIpc) is 2.37. The van der Waals surface area contributed by atoms with Crippen molar-refractivity contribution >= 4 is 0 Å². The molecule has 1 unspecified atom stereocenters. The number of benzene rings is 2. The molecule has 2 aromatic carbocycles. The zero-order valence-electron chi connectivity index (χ0n) is 11.2. The minimum Gasteiger partial charge on any atom is -0.486 e. The average molecular weight is 259 g/mol. The van der Waals surface area contributed by atoms with E-state index in [4.69, 9.17) is 10.5 Å². The van der Waals surface area contributed by atoms with Gasteiger partial charge in [-0.05, 0) is 37.1 Å². The summed E-state index contributed by atoms with van der Waals surface area (Å²) in [5.41, 5.74) is 8.66. The van der Waals surface area contributed by atoms with Crippen molar-refractivity contribution in [2.24, 2.45) is 5.73 Å². The first-order chi connectivity index (χ1) is 9.06. The number of hydrogen-bond donors (Lipinski definition) is 1. The predicted octanol–water partition coefficient (Wildman–Crippen LogP) is 3.73. The van der Waals surface area contributed by atoms with Gasteiger partial charge < -0.3 is 10.5 Å². The molecule has 0 saturated heterocycles. The Labute approximate surface area is 113 Å². The van der Waals surface area contributed by atoms with Crippen molar-refractivity contribution in [3.05, 3.63) is 65.0 Å². The van der Waals surface area contributed by atoms with Crippen LogP contribution in [0.25, 0.3) is 0 Å². The van der Waals surface area contributed by atoms with E-state index in [0.717, 1.165) is 16.7 Å². The van der Waals surface area contributed by atoms with Crippen LogP contribution in [0.1, 0.15) is 29.7 Å². The number of aryl methyl sites for hydroxylation is 1. The fraction of sp³-hybridized carbons (Fsp3) is 0.250. The molecule has 0 aromatic heterocycles. The summed E-state index contributed by atoms with van der Waals surface area (Å²) in [4.78, 5) is 0. The van der Waals surface area contributed by atoms with Crippen LogP contribution in [0, 0.1) is 12.7 Å². The van der Waals surface area contributed by atoms with E-state index in [1.54, 1.807) is 12.1 Å². The van der Waals surface area contributed by atoms with Crippen LogP contribution in [0.15, 0.2) is 42.5 Å². The van der Waals surface area contributed by atoms with Gasteiger partial charge in [-0.2, -0.15) is 0 Å². The molecule has 0 aliphatic carbocycles. The molecule has 2 aromatic rings. The van der Waals surface area contributed by atoms with Gasteiger partial charge in [-0.25, -0.2) is 4.39 Å². The molecule has 0 saturated carbocycles. The maximum atomic E-state index is 13.8. The summed E-state index contributed by atoms with van der Waals surface area (Å²) in [6, 6.07) is 12.6. The van der Waals surface area contributed by atoms with Gasteiger partial charge >= 0.3 is 0 Å². The van der Waals surface area contributed by atoms with Crippen molar-refractivity contribution in [3.8, 4) is 5.75 Å². The molecule has 100 valence electrons. The van der Waals surface area contributed by atoms with E-state index in [0.29, 0.717) is 6.61 Å². The molecule has 19 heavy (non-hydrogen) atoms. The van der Waals surface area contributed by atoms with Crippen molar-refractivity contribution < 1.29 is 9.13 Å². The first-order valence-corrected chi connectivity index (χ1v) is 6.29. The van der Waals surface area contributed by atoms with Crippen molar-refractivity contribution in [3.63, 3.8) is 0 Å². The van der Waals surface area contributed by atoms with E-state index in [2.05, 4.69) is 0 Å². The highest BCUT2D eigenvalue weighted by atomic mass is 19.1. The molecule has 0 amide bonds. The normalized spacial score (nSPS) is 12.2. The smallest absolute Gasteiger partial charge is 0.165 e. The Kier molecular flexibility index (Phi) is 4.17. The van der Waals surface area contributed by atoms with Gasteiger partial charge in [0.2, 0.25) is 0 Å². The molecule has 0 aliphatic rings. The third kappa shape index (κ3) is 3.55. The molecule has 2 rings (SSSR count). The number of nitrogens with two attached hydrogens (primary N) is 1. The Morgan fingerprint density at radius 2 is 2.00 bits per heavy atom. The SMILES string of the molecule is Cc1cccc(COc2ccc(C(C)N)cc2F)c1. The van der Waals surface area contributed by atoms with Crippen molar-refractivity contribution in [1.29, 1.82) is 0 Å². The third-order valence-electron chi connectivity index (χ3n) is 2.96. The van der Waals surface area contributed by atoms with Gasteiger partial charge in [-0.3, -0.25) is 0 Å². The van der Waals surface area contributed by atoms with Crippen molar-refractivity contribution in [2.45, 2.75) is 26.5 Å². The van der Waals surface area contributed by atoms with Crippen LogP contribution in [0.5, 0.6) is 5.75 Å². The lowest BCUT2D eigenvalue weighted by molar-refractivity contribution is 0.290. The second kappa shape index (κ2) is 5.85. The lowest BCUT2D eigenvalue weighted by Gasteiger charge is -2.10. The number of ether oxygens (including phenoxy) is 1. The van der Waals surface area contributed by atoms with E-state index in [-0.39, 0.29) is 17.6 Å². The summed E-state index contributed by atoms with van der Waals surface area (Å²) < 4.78 is 19.3. The minimum absolute atomic E-state index is 0.180. The molecule has 0 heterocycles. The van der Waals surface area contributed by atoms with Gasteiger partial charge in [0, 0.05) is 6.04 Å². The van der Waals surface area contributed by atoms with Crippen LogP contribution in [-0.2, 0) is 6.61 Å². The third-order valence-corrected chi connectivity index (χ3v) is 2.96. The Balaban J connectivity index is 2.07. The van der Waals surface area contributed by atoms with Crippen LogP contribution in [0.3, 0.4) is 0 Å². The van der Waals surface area contributed by atoms with E-state index in [9.17, 15) is 4.39 Å². The van der Waals surface area contributed by atoms with Gasteiger partial charge in [0.15, 0.2) is 11.6 Å². The lowest BCUT2D eigenvalue weighted by atomic mass is 10.1. The molecule has 0 spiro atoms. The molecule has 0 radical (unpaired) electrons. The molecular formula is C16H18FNO. The molecule has 3 heteroatoms. The summed E-state index contributed by atoms with van der Waals surface area (Å²) in [6.07, 6.45) is 0. The fourth-order valence-corrected chi connectivity index (χ4v) is 1.88. The largest absolute Gasteiger partial charge is 0.486 e. The van der Waals surface area contributed by atoms with Crippen LogP contribution < -0.4 is 10.5 Å². The molecule has 0 aliphatic heterocycles. The molecule has 0 bridgehead atoms. The standard InChI is InChI=1S/C16H18FNO/c1-11-4-3-5-13(8-11)10-19-16-7-6-14(12(2)18)9-15(16)17/h3-9,12H,10,18H2,1-2H3. The van der Waals surface area contributed by atoms with Gasteiger partial charge in [0.1, 0.15) is 6.61 Å². The second-order valence-electron chi connectivity index (χ2n) is 4.76. The molecule has 2 nitrogen and oxygen atoms in total. The number of hydrogen-bond acceptors (Lipinski definition) is 2. The summed E-state index contributed by atoms with van der Waals surface area (Å²) >= 11 is 0. The van der Waals surface area contributed by atoms with E-state index in [1.165, 1.54) is 6.07 Å². The first kappa shape index (κ1) is 13.6. The Bertz CT molecular complexity index is 566. The van der Waals surface area contributed by atoms with Crippen molar-refractivity contribution in [2.75, 3.05) is 0 Å². The van der Waals surface area contributed by atoms with Crippen LogP contribution >= 0.6 is 0 Å². The highest BCUT2D eigenvalue weighted by molar-refractivity contribution is 5.31. The summed E-state index contributed by atoms with van der Waals surface area (Å²) in [7, 11) is 0. The Morgan fingerprint density at radius 3 is 2.63 bits per heavy atom. The quantitative estimate of drug-likeness (QED) is 0.908. The topological polar surface area (TPSA) is 35.2 Å². The maximum absolute atomic E-state index is 13.8. The van der Waals surface area contributed by atoms with Gasteiger partial charge in [-0.1, -0.05) is 35.9 Å². The molecule has 0 fully saturated rings. The Morgan fingerprint density at radius 1 is 1.21 bits per heavy atom. The highest BCUT2D eigenvalue weighted by Crippen LogP contribution is 2.22. The summed E-state index contributed by atoms with van der Waals surface area (Å²) in [6.45, 7) is 4.19. The molecule has 1 atom stereocenters. The van der Waals surface area contributed by atoms with E-state index in [1.807, 2.05) is 38.1 Å². The second-order valence-corrected chi connectivity index (χ2v) is 4.76. The zero-order chi connectivity index (χ0) is 13.8. The predicted molar refractivity (Wildman–Crippen MR) is 74.5 cm³/mol. The van der Waals surface area contributed by atoms with E-state index >= 15 is 0 Å². The van der Waals surface area contributed by atoms with Crippen LogP contribution in [0.2, 0.25) is 0 Å². The number of halogens is 1. The van der Waals surface area contributed by atoms with Gasteiger partial charge in [-0.15, -0.1) is 0 Å². The fourth-order valence-electron chi connectivity index (χ4n) is 1.88. The summed E-state index contributed by atoms with van der Waals surface area (Å²) in [5.74, 6) is -0.117. The zero-order valence-corrected chi connectivity index (χ0v) is 11.2. The van der Waals surface area contributed by atoms with Gasteiger partial charge in [0.05, 0.1) is 0 Å². The molecular weight excluding hydrogens is 241 g/mol. The van der Waals surface area contributed by atoms with Crippen molar-refractivity contribution in [1.82, 2.24) is 0 Å². The highest BCUT2D eigenvalue weighted by Gasteiger charge is 2.07. The van der Waals surface area contributed by atoms with Crippen LogP contribution in [-0.4, -0.2) is 0 Å².